The van der Waals surface area contributed by atoms with Crippen molar-refractivity contribution in [3.63, 3.8) is 0 Å². The van der Waals surface area contributed by atoms with Crippen molar-refractivity contribution in [2.24, 2.45) is 0 Å². The minimum Gasteiger partial charge on any atom is -0.486 e. The number of fused-ring (bicyclic) bond motifs is 1. The number of benzene rings is 4. The molecule has 0 saturated heterocycles. The van der Waals surface area contributed by atoms with Gasteiger partial charge in [-0.3, -0.25) is 13.9 Å². The Morgan fingerprint density at radius 1 is 0.896 bits per heavy atom. The first-order valence-corrected chi connectivity index (χ1v) is 17.2. The summed E-state index contributed by atoms with van der Waals surface area (Å²) in [5.74, 6) is -1.04. The smallest absolute Gasteiger partial charge is 0.264 e. The molecule has 9 nitrogen and oxygen atoms in total. The molecule has 0 saturated carbocycles. The zero-order valence-corrected chi connectivity index (χ0v) is 28.4. The number of nitrogens with one attached hydrogen (secondary N) is 1. The maximum absolute atomic E-state index is 14.6. The van der Waals surface area contributed by atoms with Crippen LogP contribution in [0.1, 0.15) is 31.9 Å². The summed E-state index contributed by atoms with van der Waals surface area (Å²) in [6, 6.07) is 24.1. The van der Waals surface area contributed by atoms with Crippen LogP contribution >= 0.6 is 11.6 Å². The number of carbonyl (C=O) groups is 2. The number of anilines is 1. The minimum absolute atomic E-state index is 0.0519. The van der Waals surface area contributed by atoms with Gasteiger partial charge in [0.1, 0.15) is 31.6 Å². The molecule has 1 atom stereocenters. The van der Waals surface area contributed by atoms with E-state index in [4.69, 9.17) is 21.1 Å². The van der Waals surface area contributed by atoms with Gasteiger partial charge >= 0.3 is 0 Å². The molecule has 0 bridgehead atoms. The third-order valence-electron chi connectivity index (χ3n) is 7.56. The molecule has 12 heteroatoms. The van der Waals surface area contributed by atoms with Crippen LogP contribution in [0.2, 0.25) is 5.02 Å². The molecule has 0 radical (unpaired) electrons. The lowest BCUT2D eigenvalue weighted by Crippen LogP contribution is -2.56. The Balaban J connectivity index is 1.59. The van der Waals surface area contributed by atoms with Crippen molar-refractivity contribution >= 4 is 39.1 Å². The zero-order chi connectivity index (χ0) is 34.5. The van der Waals surface area contributed by atoms with Gasteiger partial charge in [-0.05, 0) is 74.4 Å². The number of amides is 2. The minimum atomic E-state index is -4.44. The van der Waals surface area contributed by atoms with Crippen LogP contribution in [0.15, 0.2) is 102 Å². The summed E-state index contributed by atoms with van der Waals surface area (Å²) in [6.45, 7) is 5.27. The molecule has 2 amide bonds. The van der Waals surface area contributed by atoms with E-state index < -0.39 is 45.8 Å². The topological polar surface area (TPSA) is 105 Å². The second kappa shape index (κ2) is 14.7. The molecule has 0 fully saturated rings. The van der Waals surface area contributed by atoms with Gasteiger partial charge in [0.05, 0.1) is 10.6 Å². The summed E-state index contributed by atoms with van der Waals surface area (Å²) < 4.78 is 54.8. The SMILES string of the molecule is CC(C)(C)NC(=O)[C@@H](Cc1ccccc1)N(Cc1ccccc1Cl)C(=O)CN(c1ccc(F)cc1)S(=O)(=O)c1ccc2c(c1)OCCO2. The summed E-state index contributed by atoms with van der Waals surface area (Å²) >= 11 is 6.55. The predicted octanol–water partition coefficient (Wildman–Crippen LogP) is 6.00. The fourth-order valence-corrected chi connectivity index (χ4v) is 6.89. The van der Waals surface area contributed by atoms with Crippen LogP contribution in [0, 0.1) is 5.82 Å². The lowest BCUT2D eigenvalue weighted by molar-refractivity contribution is -0.140. The maximum atomic E-state index is 14.6. The number of carbonyl (C=O) groups excluding carboxylic acids is 2. The second-order valence-electron chi connectivity index (χ2n) is 12.4. The summed E-state index contributed by atoms with van der Waals surface area (Å²) in [5.41, 5.74) is 0.781. The Morgan fingerprint density at radius 2 is 1.54 bits per heavy atom. The molecular formula is C36H37ClFN3O6S. The van der Waals surface area contributed by atoms with Crippen molar-refractivity contribution in [1.82, 2.24) is 10.2 Å². The highest BCUT2D eigenvalue weighted by atomic mass is 35.5. The molecule has 0 aliphatic carbocycles. The van der Waals surface area contributed by atoms with Crippen LogP contribution in [0.4, 0.5) is 10.1 Å². The zero-order valence-electron chi connectivity index (χ0n) is 26.9. The Hall–Kier alpha value is -4.61. The molecule has 0 aromatic heterocycles. The van der Waals surface area contributed by atoms with E-state index in [9.17, 15) is 22.4 Å². The lowest BCUT2D eigenvalue weighted by Gasteiger charge is -2.35. The number of ether oxygens (including phenoxy) is 2. The van der Waals surface area contributed by atoms with Crippen molar-refractivity contribution in [2.45, 2.75) is 50.2 Å². The summed E-state index contributed by atoms with van der Waals surface area (Å²) in [7, 11) is -4.44. The van der Waals surface area contributed by atoms with Crippen LogP contribution in [0.5, 0.6) is 11.5 Å². The summed E-state index contributed by atoms with van der Waals surface area (Å²) in [5, 5.41) is 3.37. The Bertz CT molecular complexity index is 1870. The largest absolute Gasteiger partial charge is 0.486 e. The number of hydrogen-bond donors (Lipinski definition) is 1. The first-order chi connectivity index (χ1) is 22.8. The molecule has 1 heterocycles. The fourth-order valence-electron chi connectivity index (χ4n) is 5.26. The Kier molecular flexibility index (Phi) is 10.6. The molecule has 4 aromatic rings. The number of halogens is 2. The highest BCUT2D eigenvalue weighted by molar-refractivity contribution is 7.92. The molecule has 1 N–H and O–H groups in total. The normalized spacial score (nSPS) is 13.4. The molecule has 252 valence electrons. The van der Waals surface area contributed by atoms with Gasteiger partial charge < -0.3 is 19.7 Å². The van der Waals surface area contributed by atoms with Gasteiger partial charge in [-0.25, -0.2) is 12.8 Å². The highest BCUT2D eigenvalue weighted by Crippen LogP contribution is 2.34. The average molecular weight is 694 g/mol. The lowest BCUT2D eigenvalue weighted by atomic mass is 10.0. The van der Waals surface area contributed by atoms with Crippen molar-refractivity contribution in [1.29, 1.82) is 0 Å². The third-order valence-corrected chi connectivity index (χ3v) is 9.70. The van der Waals surface area contributed by atoms with E-state index in [2.05, 4.69) is 5.32 Å². The molecule has 0 spiro atoms. The predicted molar refractivity (Wildman–Crippen MR) is 182 cm³/mol. The van der Waals surface area contributed by atoms with Crippen molar-refractivity contribution < 1.29 is 31.9 Å². The van der Waals surface area contributed by atoms with Crippen LogP contribution < -0.4 is 19.1 Å². The van der Waals surface area contributed by atoms with E-state index in [1.54, 1.807) is 24.3 Å². The van der Waals surface area contributed by atoms with Crippen molar-refractivity contribution in [2.75, 3.05) is 24.1 Å². The van der Waals surface area contributed by atoms with Gasteiger partial charge in [0.2, 0.25) is 11.8 Å². The molecule has 1 aliphatic heterocycles. The van der Waals surface area contributed by atoms with Crippen LogP contribution in [0.25, 0.3) is 0 Å². The van der Waals surface area contributed by atoms with E-state index in [-0.39, 0.29) is 35.9 Å². The van der Waals surface area contributed by atoms with Gasteiger partial charge in [-0.1, -0.05) is 60.1 Å². The number of rotatable bonds is 11. The molecule has 1 aliphatic rings. The molecule has 48 heavy (non-hydrogen) atoms. The number of hydrogen-bond acceptors (Lipinski definition) is 6. The fraction of sp³-hybridized carbons (Fsp3) is 0.278. The summed E-state index contributed by atoms with van der Waals surface area (Å²) in [6.07, 6.45) is 0.143. The molecule has 4 aromatic carbocycles. The van der Waals surface area contributed by atoms with Gasteiger partial charge in [0.15, 0.2) is 11.5 Å². The molecule has 5 rings (SSSR count). The second-order valence-corrected chi connectivity index (χ2v) is 14.6. The Labute approximate surface area is 285 Å². The van der Waals surface area contributed by atoms with Crippen molar-refractivity contribution in [3.05, 3.63) is 119 Å². The first-order valence-electron chi connectivity index (χ1n) is 15.4. The van der Waals surface area contributed by atoms with Gasteiger partial charge in [0, 0.05) is 29.6 Å². The van der Waals surface area contributed by atoms with Gasteiger partial charge in [0.25, 0.3) is 10.0 Å². The molecular weight excluding hydrogens is 657 g/mol. The number of sulfonamides is 1. The quantitative estimate of drug-likeness (QED) is 0.207. The van der Waals surface area contributed by atoms with E-state index in [1.165, 1.54) is 35.2 Å². The molecule has 0 unspecified atom stereocenters. The van der Waals surface area contributed by atoms with E-state index in [1.807, 2.05) is 51.1 Å². The van der Waals surface area contributed by atoms with E-state index in [0.717, 1.165) is 22.0 Å². The third kappa shape index (κ3) is 8.45. The first kappa shape index (κ1) is 34.7. The van der Waals surface area contributed by atoms with Crippen LogP contribution in [-0.4, -0.2) is 56.5 Å². The van der Waals surface area contributed by atoms with Crippen molar-refractivity contribution in [3.8, 4) is 11.5 Å². The van der Waals surface area contributed by atoms with Gasteiger partial charge in [-0.15, -0.1) is 0 Å². The van der Waals surface area contributed by atoms with E-state index >= 15 is 0 Å². The highest BCUT2D eigenvalue weighted by Gasteiger charge is 2.36. The van der Waals surface area contributed by atoms with Crippen LogP contribution in [-0.2, 0) is 32.6 Å². The average Bonchev–Trinajstić information content (AvgIpc) is 3.05. The maximum Gasteiger partial charge on any atom is 0.264 e. The standard InChI is InChI=1S/C36H37ClFN3O6S/c1-36(2,3)39-35(43)31(21-25-9-5-4-6-10-25)40(23-26-11-7-8-12-30(26)37)34(42)24-41(28-15-13-27(38)14-16-28)48(44,45)29-17-18-32-33(22-29)47-20-19-46-32/h4-18,22,31H,19-21,23-24H2,1-3H3,(H,39,43)/t31-/m1/s1. The summed E-state index contributed by atoms with van der Waals surface area (Å²) in [4.78, 5) is 29.8. The van der Waals surface area contributed by atoms with E-state index in [0.29, 0.717) is 22.9 Å². The van der Waals surface area contributed by atoms with Gasteiger partial charge in [-0.2, -0.15) is 0 Å². The Morgan fingerprint density at radius 3 is 2.21 bits per heavy atom. The van der Waals surface area contributed by atoms with Crippen LogP contribution in [0.3, 0.4) is 0 Å². The monoisotopic (exact) mass is 693 g/mol. The number of nitrogens with zero attached hydrogens (tertiary/aromatic N) is 2.